The average Bonchev–Trinajstić information content (AvgIpc) is 3.21. The van der Waals surface area contributed by atoms with Crippen LogP contribution in [0.4, 0.5) is 28.9 Å². The number of benzene rings is 1. The maximum absolute atomic E-state index is 13.4. The minimum absolute atomic E-state index is 0.0615. The van der Waals surface area contributed by atoms with Crippen molar-refractivity contribution in [1.29, 1.82) is 5.26 Å². The smallest absolute Gasteiger partial charge is 0.360 e. The van der Waals surface area contributed by atoms with E-state index in [2.05, 4.69) is 5.32 Å². The number of nitrogens with zero attached hydrogens (tertiary/aromatic N) is 4. The Balaban J connectivity index is 1.82. The summed E-state index contributed by atoms with van der Waals surface area (Å²) in [6, 6.07) is 8.43. The summed E-state index contributed by atoms with van der Waals surface area (Å²) < 4.78 is 52.0. The summed E-state index contributed by atoms with van der Waals surface area (Å²) in [6.45, 7) is 1.28. The zero-order chi connectivity index (χ0) is 28.7. The average molecular weight is 569 g/mol. The number of halogens is 4. The number of alkyl halides is 4. The summed E-state index contributed by atoms with van der Waals surface area (Å²) in [6.07, 6.45) is -3.30. The first-order valence-corrected chi connectivity index (χ1v) is 12.9. The molecule has 9 nitrogen and oxygen atoms in total. The summed E-state index contributed by atoms with van der Waals surface area (Å²) in [7, 11) is 1.63. The lowest BCUT2D eigenvalue weighted by molar-refractivity contribution is -0.135. The number of nitriles is 1. The second kappa shape index (κ2) is 12.9. The molecule has 0 atom stereocenters. The fourth-order valence-corrected chi connectivity index (χ4v) is 5.00. The Bertz CT molecular complexity index is 1420. The van der Waals surface area contributed by atoms with Gasteiger partial charge in [0, 0.05) is 44.3 Å². The van der Waals surface area contributed by atoms with Gasteiger partial charge in [-0.2, -0.15) is 18.4 Å². The van der Waals surface area contributed by atoms with Crippen molar-refractivity contribution in [1.82, 2.24) is 14.8 Å². The molecule has 1 aromatic heterocycles. The van der Waals surface area contributed by atoms with E-state index in [0.717, 1.165) is 15.9 Å². The highest BCUT2D eigenvalue weighted by molar-refractivity contribution is 7.07. The summed E-state index contributed by atoms with van der Waals surface area (Å²) in [5, 5.41) is 14.0. The number of rotatable bonds is 8. The van der Waals surface area contributed by atoms with Gasteiger partial charge in [-0.05, 0) is 38.0 Å². The van der Waals surface area contributed by atoms with Crippen LogP contribution in [-0.2, 0) is 16.1 Å². The number of thiazole rings is 1. The molecule has 1 saturated heterocycles. The van der Waals surface area contributed by atoms with Gasteiger partial charge in [-0.15, -0.1) is 11.3 Å². The number of hydrogen-bond donors (Lipinski definition) is 2. The molecule has 0 aliphatic carbocycles. The molecule has 0 spiro atoms. The van der Waals surface area contributed by atoms with Crippen LogP contribution < -0.4 is 30.3 Å². The van der Waals surface area contributed by atoms with Crippen molar-refractivity contribution in [2.45, 2.75) is 38.7 Å². The molecule has 2 amide bonds. The second-order valence-electron chi connectivity index (χ2n) is 8.85. The molecule has 0 bridgehead atoms. The first-order chi connectivity index (χ1) is 18.4. The molecule has 0 unspecified atom stereocenters. The molecule has 39 heavy (non-hydrogen) atoms. The molecular formula is C25H28F4N6O3S. The van der Waals surface area contributed by atoms with Crippen molar-refractivity contribution >= 4 is 46.3 Å². The van der Waals surface area contributed by atoms with Gasteiger partial charge in [0.25, 0.3) is 11.5 Å². The second-order valence-corrected chi connectivity index (χ2v) is 9.88. The maximum atomic E-state index is 13.4. The maximum Gasteiger partial charge on any atom is 0.405 e. The molecule has 2 heterocycles. The highest BCUT2D eigenvalue weighted by atomic mass is 32.1. The molecular weight excluding hydrogens is 540 g/mol. The van der Waals surface area contributed by atoms with Crippen LogP contribution in [0.2, 0.25) is 0 Å². The van der Waals surface area contributed by atoms with Crippen LogP contribution in [0.3, 0.4) is 0 Å². The van der Waals surface area contributed by atoms with Gasteiger partial charge in [0.05, 0.1) is 6.54 Å². The van der Waals surface area contributed by atoms with Gasteiger partial charge in [-0.3, -0.25) is 23.9 Å². The van der Waals surface area contributed by atoms with Crippen molar-refractivity contribution in [2.75, 3.05) is 43.4 Å². The molecule has 0 radical (unpaired) electrons. The number of anilines is 2. The van der Waals surface area contributed by atoms with E-state index in [0.29, 0.717) is 37.3 Å². The molecule has 1 aliphatic rings. The number of aromatic nitrogens is 1. The Morgan fingerprint density at radius 3 is 2.59 bits per heavy atom. The summed E-state index contributed by atoms with van der Waals surface area (Å²) in [5.41, 5.74) is -0.00385. The van der Waals surface area contributed by atoms with Crippen LogP contribution in [0, 0.1) is 11.3 Å². The number of hydrogen-bond acceptors (Lipinski definition) is 7. The largest absolute Gasteiger partial charge is 0.405 e. The van der Waals surface area contributed by atoms with E-state index < -0.39 is 35.9 Å². The molecule has 210 valence electrons. The van der Waals surface area contributed by atoms with Gasteiger partial charge >= 0.3 is 6.18 Å². The van der Waals surface area contributed by atoms with Gasteiger partial charge in [-0.1, -0.05) is 6.07 Å². The number of amides is 2. The third kappa shape index (κ3) is 7.90. The lowest BCUT2D eigenvalue weighted by Gasteiger charge is -2.29. The highest BCUT2D eigenvalue weighted by Gasteiger charge is 2.29. The van der Waals surface area contributed by atoms with Crippen LogP contribution in [0.5, 0.6) is 0 Å². The number of nitrogens with one attached hydrogen (secondary N) is 2. The summed E-state index contributed by atoms with van der Waals surface area (Å²) in [5.74, 6) is -1.39. The van der Waals surface area contributed by atoms with Crippen LogP contribution >= 0.6 is 11.3 Å². The summed E-state index contributed by atoms with van der Waals surface area (Å²) in [4.78, 5) is 41.2. The van der Waals surface area contributed by atoms with Gasteiger partial charge in [0.1, 0.15) is 28.0 Å². The molecule has 0 saturated carbocycles. The number of carbonyl (C=O) groups excluding carboxylic acids is 2. The Morgan fingerprint density at radius 1 is 1.28 bits per heavy atom. The van der Waals surface area contributed by atoms with Crippen LogP contribution in [0.15, 0.2) is 29.1 Å². The normalized spacial score (nSPS) is 16.0. The third-order valence-corrected chi connectivity index (χ3v) is 7.21. The Kier molecular flexibility index (Phi) is 9.87. The fraction of sp³-hybridized carbons (Fsp3) is 0.440. The first kappa shape index (κ1) is 29.9. The van der Waals surface area contributed by atoms with Crippen LogP contribution in [-0.4, -0.2) is 66.9 Å². The van der Waals surface area contributed by atoms with Crippen molar-refractivity contribution in [2.24, 2.45) is 0 Å². The van der Waals surface area contributed by atoms with Gasteiger partial charge < -0.3 is 15.5 Å². The Hall–Kier alpha value is -3.70. The topological polar surface area (TPSA) is 110 Å². The minimum Gasteiger partial charge on any atom is -0.360 e. The van der Waals surface area contributed by atoms with Crippen LogP contribution in [0.1, 0.15) is 19.8 Å². The Labute approximate surface area is 225 Å². The molecule has 3 rings (SSSR count). The lowest BCUT2D eigenvalue weighted by Crippen LogP contribution is -2.42. The molecule has 1 aromatic carbocycles. The number of likely N-dealkylation sites (tertiary alicyclic amines) is 1. The van der Waals surface area contributed by atoms with Crippen molar-refractivity contribution < 1.29 is 27.2 Å². The van der Waals surface area contributed by atoms with E-state index in [-0.39, 0.29) is 28.2 Å². The summed E-state index contributed by atoms with van der Waals surface area (Å²) >= 11 is 0.793. The van der Waals surface area contributed by atoms with Gasteiger partial charge in [0.15, 0.2) is 5.57 Å². The van der Waals surface area contributed by atoms with Gasteiger partial charge in [0.2, 0.25) is 5.91 Å². The molecule has 1 fully saturated rings. The van der Waals surface area contributed by atoms with Gasteiger partial charge in [-0.25, -0.2) is 4.39 Å². The fourth-order valence-electron chi connectivity index (χ4n) is 3.91. The van der Waals surface area contributed by atoms with E-state index in [9.17, 15) is 37.2 Å². The predicted octanol–water partition coefficient (Wildman–Crippen LogP) is 1.53. The standard InChI is InChI=1S/C25H28F4N6O3S/c1-3-35-23(38)20(39-24(35)19(12-30)22(37)32-15-25(27,28)29)13-31-17-5-4-6-18(11-17)33(2)21(36)14-34-9-7-16(26)8-10-34/h4-6,11,13,16,31H,3,7-10,14-15H2,1-2H3,(H,32,37). The van der Waals surface area contributed by atoms with E-state index in [4.69, 9.17) is 0 Å². The minimum atomic E-state index is -4.65. The SMILES string of the molecule is CCn1c(=C(C#N)C(=O)NCC(F)(F)F)sc(=CNc2cccc(N(C)C(=O)CN3CCC(F)CC3)c2)c1=O. The molecule has 2 N–H and O–H groups in total. The number of likely N-dealkylation sites (N-methyl/N-ethyl adjacent to an activating group) is 1. The monoisotopic (exact) mass is 568 g/mol. The van der Waals surface area contributed by atoms with Crippen LogP contribution in [0.25, 0.3) is 11.8 Å². The third-order valence-electron chi connectivity index (χ3n) is 6.08. The van der Waals surface area contributed by atoms with E-state index in [1.54, 1.807) is 49.6 Å². The zero-order valence-electron chi connectivity index (χ0n) is 21.3. The number of carbonyl (C=O) groups is 2. The van der Waals surface area contributed by atoms with Crippen molar-refractivity contribution in [3.8, 4) is 6.07 Å². The number of piperidine rings is 1. The molecule has 2 aromatic rings. The lowest BCUT2D eigenvalue weighted by atomic mass is 10.1. The molecule has 14 heteroatoms. The zero-order valence-corrected chi connectivity index (χ0v) is 22.2. The molecule has 1 aliphatic heterocycles. The van der Waals surface area contributed by atoms with Crippen molar-refractivity contribution in [3.05, 3.63) is 43.8 Å². The van der Waals surface area contributed by atoms with E-state index >= 15 is 0 Å². The highest BCUT2D eigenvalue weighted by Crippen LogP contribution is 2.20. The first-order valence-electron chi connectivity index (χ1n) is 12.1. The Morgan fingerprint density at radius 2 is 1.97 bits per heavy atom. The van der Waals surface area contributed by atoms with E-state index in [1.165, 1.54) is 11.1 Å². The predicted molar refractivity (Wildman–Crippen MR) is 140 cm³/mol. The van der Waals surface area contributed by atoms with Crippen molar-refractivity contribution in [3.63, 3.8) is 0 Å². The van der Waals surface area contributed by atoms with E-state index in [1.807, 2.05) is 4.90 Å². The quantitative estimate of drug-likeness (QED) is 0.468.